The zero-order chi connectivity index (χ0) is 8.97. The number of nitrogens with two attached hydrogens (primary N) is 1. The van der Waals surface area contributed by atoms with Crippen LogP contribution in [0, 0.1) is 5.92 Å². The van der Waals surface area contributed by atoms with Gasteiger partial charge in [0.15, 0.2) is 0 Å². The molecule has 1 heterocycles. The largest absolute Gasteiger partial charge is 0.384 e. The van der Waals surface area contributed by atoms with Crippen LogP contribution < -0.4 is 5.73 Å². The molecule has 0 saturated carbocycles. The van der Waals surface area contributed by atoms with Gasteiger partial charge in [-0.1, -0.05) is 0 Å². The van der Waals surface area contributed by atoms with Crippen LogP contribution in [-0.2, 0) is 4.74 Å². The highest BCUT2D eigenvalue weighted by Gasteiger charge is 2.24. The molecule has 1 fully saturated rings. The minimum atomic E-state index is 0.534. The summed E-state index contributed by atoms with van der Waals surface area (Å²) in [6.07, 6.45) is 1.26. The van der Waals surface area contributed by atoms with E-state index in [9.17, 15) is 0 Å². The number of rotatable bonds is 4. The molecule has 2 unspecified atom stereocenters. The normalized spacial score (nSPS) is 27.8. The smallest absolute Gasteiger partial charge is 0.0503 e. The van der Waals surface area contributed by atoms with Crippen molar-refractivity contribution in [2.75, 3.05) is 33.4 Å². The quantitative estimate of drug-likeness (QED) is 0.663. The Labute approximate surface area is 74.9 Å². The summed E-state index contributed by atoms with van der Waals surface area (Å²) in [6.45, 7) is 6.20. The summed E-state index contributed by atoms with van der Waals surface area (Å²) in [5, 5.41) is 0. The van der Waals surface area contributed by atoms with Crippen LogP contribution in [0.1, 0.15) is 13.3 Å². The molecule has 0 aliphatic carbocycles. The zero-order valence-electron chi connectivity index (χ0n) is 8.12. The van der Waals surface area contributed by atoms with E-state index in [0.717, 1.165) is 25.6 Å². The lowest BCUT2D eigenvalue weighted by Gasteiger charge is -2.22. The molecule has 0 aromatic heterocycles. The molecule has 0 amide bonds. The average molecular weight is 172 g/mol. The molecule has 0 aromatic carbocycles. The van der Waals surface area contributed by atoms with Gasteiger partial charge >= 0.3 is 0 Å². The lowest BCUT2D eigenvalue weighted by Crippen LogP contribution is -2.36. The number of methoxy groups -OCH3 is 1. The van der Waals surface area contributed by atoms with Gasteiger partial charge in [0.05, 0.1) is 6.61 Å². The van der Waals surface area contributed by atoms with Gasteiger partial charge in [0.1, 0.15) is 0 Å². The van der Waals surface area contributed by atoms with Crippen LogP contribution >= 0.6 is 0 Å². The van der Waals surface area contributed by atoms with Crippen LogP contribution in [0.2, 0.25) is 0 Å². The Bertz CT molecular complexity index is 130. The SMILES string of the molecule is COCC1CCN(C(C)CN)C1. The van der Waals surface area contributed by atoms with E-state index in [1.165, 1.54) is 13.0 Å². The molecular formula is C9H20N2O. The van der Waals surface area contributed by atoms with Gasteiger partial charge in [0.25, 0.3) is 0 Å². The standard InChI is InChI=1S/C9H20N2O/c1-8(5-10)11-4-3-9(6-11)7-12-2/h8-9H,3-7,10H2,1-2H3. The van der Waals surface area contributed by atoms with E-state index in [-0.39, 0.29) is 0 Å². The Morgan fingerprint density at radius 1 is 1.67 bits per heavy atom. The van der Waals surface area contributed by atoms with Crippen LogP contribution in [0.15, 0.2) is 0 Å². The Hall–Kier alpha value is -0.120. The van der Waals surface area contributed by atoms with Crippen molar-refractivity contribution in [2.45, 2.75) is 19.4 Å². The van der Waals surface area contributed by atoms with Gasteiger partial charge in [0.2, 0.25) is 0 Å². The van der Waals surface area contributed by atoms with Crippen LogP contribution in [0.25, 0.3) is 0 Å². The fourth-order valence-electron chi connectivity index (χ4n) is 1.78. The highest BCUT2D eigenvalue weighted by Crippen LogP contribution is 2.17. The van der Waals surface area contributed by atoms with E-state index in [1.54, 1.807) is 7.11 Å². The first-order chi connectivity index (χ1) is 5.77. The highest BCUT2D eigenvalue weighted by molar-refractivity contribution is 4.79. The van der Waals surface area contributed by atoms with Gasteiger partial charge in [-0.05, 0) is 25.8 Å². The van der Waals surface area contributed by atoms with Gasteiger partial charge in [-0.15, -0.1) is 0 Å². The van der Waals surface area contributed by atoms with E-state index in [2.05, 4.69) is 11.8 Å². The van der Waals surface area contributed by atoms with Crippen molar-refractivity contribution in [1.82, 2.24) is 4.90 Å². The molecule has 3 heteroatoms. The molecule has 2 atom stereocenters. The van der Waals surface area contributed by atoms with Crippen molar-refractivity contribution in [1.29, 1.82) is 0 Å². The molecule has 1 aliphatic heterocycles. The summed E-state index contributed by atoms with van der Waals surface area (Å²) < 4.78 is 5.13. The molecule has 2 N–H and O–H groups in total. The van der Waals surface area contributed by atoms with Crippen molar-refractivity contribution in [2.24, 2.45) is 11.7 Å². The maximum absolute atomic E-state index is 5.60. The number of ether oxygens (including phenoxy) is 1. The van der Waals surface area contributed by atoms with Gasteiger partial charge in [0, 0.05) is 26.2 Å². The van der Waals surface area contributed by atoms with E-state index >= 15 is 0 Å². The fraction of sp³-hybridized carbons (Fsp3) is 1.00. The predicted molar refractivity (Wildman–Crippen MR) is 50.1 cm³/mol. The monoisotopic (exact) mass is 172 g/mol. The molecular weight excluding hydrogens is 152 g/mol. The van der Waals surface area contributed by atoms with Crippen molar-refractivity contribution in [3.8, 4) is 0 Å². The molecule has 3 nitrogen and oxygen atoms in total. The molecule has 12 heavy (non-hydrogen) atoms. The molecule has 0 spiro atoms. The minimum Gasteiger partial charge on any atom is -0.384 e. The second-order valence-electron chi connectivity index (χ2n) is 3.69. The predicted octanol–water partition coefficient (Wildman–Crippen LogP) is 0.302. The summed E-state index contributed by atoms with van der Waals surface area (Å²) in [5.41, 5.74) is 5.60. The van der Waals surface area contributed by atoms with Gasteiger partial charge in [-0.3, -0.25) is 4.90 Å². The lowest BCUT2D eigenvalue weighted by molar-refractivity contribution is 0.149. The Kier molecular flexibility index (Phi) is 3.98. The zero-order valence-corrected chi connectivity index (χ0v) is 8.12. The summed E-state index contributed by atoms with van der Waals surface area (Å²) in [6, 6.07) is 0.534. The molecule has 1 rings (SSSR count). The fourth-order valence-corrected chi connectivity index (χ4v) is 1.78. The molecule has 0 bridgehead atoms. The molecule has 1 aliphatic rings. The topological polar surface area (TPSA) is 38.5 Å². The van der Waals surface area contributed by atoms with Crippen LogP contribution in [0.3, 0.4) is 0 Å². The second kappa shape index (κ2) is 4.80. The van der Waals surface area contributed by atoms with Gasteiger partial charge < -0.3 is 10.5 Å². The minimum absolute atomic E-state index is 0.534. The first kappa shape index (κ1) is 9.96. The number of hydrogen-bond acceptors (Lipinski definition) is 3. The highest BCUT2D eigenvalue weighted by atomic mass is 16.5. The van der Waals surface area contributed by atoms with Crippen LogP contribution in [0.4, 0.5) is 0 Å². The van der Waals surface area contributed by atoms with Crippen LogP contribution in [-0.4, -0.2) is 44.3 Å². The average Bonchev–Trinajstić information content (AvgIpc) is 2.52. The first-order valence-electron chi connectivity index (χ1n) is 4.71. The number of nitrogens with zero attached hydrogens (tertiary/aromatic N) is 1. The lowest BCUT2D eigenvalue weighted by atomic mass is 10.1. The first-order valence-corrected chi connectivity index (χ1v) is 4.71. The van der Waals surface area contributed by atoms with Crippen molar-refractivity contribution >= 4 is 0 Å². The Balaban J connectivity index is 2.25. The van der Waals surface area contributed by atoms with Crippen molar-refractivity contribution in [3.05, 3.63) is 0 Å². The van der Waals surface area contributed by atoms with E-state index in [0.29, 0.717) is 6.04 Å². The second-order valence-corrected chi connectivity index (χ2v) is 3.69. The van der Waals surface area contributed by atoms with Gasteiger partial charge in [-0.25, -0.2) is 0 Å². The Morgan fingerprint density at radius 3 is 3.00 bits per heavy atom. The summed E-state index contributed by atoms with van der Waals surface area (Å²) >= 11 is 0. The summed E-state index contributed by atoms with van der Waals surface area (Å²) in [5.74, 6) is 0.726. The third-order valence-electron chi connectivity index (χ3n) is 2.68. The molecule has 0 aromatic rings. The number of likely N-dealkylation sites (tertiary alicyclic amines) is 1. The molecule has 0 radical (unpaired) electrons. The van der Waals surface area contributed by atoms with Crippen molar-refractivity contribution in [3.63, 3.8) is 0 Å². The van der Waals surface area contributed by atoms with E-state index < -0.39 is 0 Å². The maximum atomic E-state index is 5.60. The molecule has 72 valence electrons. The van der Waals surface area contributed by atoms with E-state index in [1.807, 2.05) is 0 Å². The summed E-state index contributed by atoms with van der Waals surface area (Å²) in [7, 11) is 1.77. The third kappa shape index (κ3) is 2.44. The number of hydrogen-bond donors (Lipinski definition) is 1. The third-order valence-corrected chi connectivity index (χ3v) is 2.68. The molecule has 1 saturated heterocycles. The van der Waals surface area contributed by atoms with Crippen LogP contribution in [0.5, 0.6) is 0 Å². The van der Waals surface area contributed by atoms with E-state index in [4.69, 9.17) is 10.5 Å². The van der Waals surface area contributed by atoms with Gasteiger partial charge in [-0.2, -0.15) is 0 Å². The Morgan fingerprint density at radius 2 is 2.42 bits per heavy atom. The summed E-state index contributed by atoms with van der Waals surface area (Å²) in [4.78, 5) is 2.45. The maximum Gasteiger partial charge on any atom is 0.0503 e. The van der Waals surface area contributed by atoms with Crippen molar-refractivity contribution < 1.29 is 4.74 Å².